The van der Waals surface area contributed by atoms with Gasteiger partial charge in [0.05, 0.1) is 6.42 Å². The molecule has 1 aromatic carbocycles. The van der Waals surface area contributed by atoms with Crippen molar-refractivity contribution in [2.24, 2.45) is 0 Å². The van der Waals surface area contributed by atoms with Crippen molar-refractivity contribution in [3.63, 3.8) is 0 Å². The molecule has 0 radical (unpaired) electrons. The van der Waals surface area contributed by atoms with Crippen molar-refractivity contribution in [3.8, 4) is 0 Å². The van der Waals surface area contributed by atoms with Crippen molar-refractivity contribution in [2.45, 2.75) is 13.3 Å². The Morgan fingerprint density at radius 3 is 2.59 bits per heavy atom. The Balaban J connectivity index is 2.53. The first-order valence-corrected chi connectivity index (χ1v) is 4.98. The minimum Gasteiger partial charge on any atom is -0.292 e. The zero-order chi connectivity index (χ0) is 12.6. The lowest BCUT2D eigenvalue weighted by atomic mass is 10.00. The Kier molecular flexibility index (Phi) is 2.75. The van der Waals surface area contributed by atoms with Crippen LogP contribution in [0.4, 0.5) is 8.78 Å². The van der Waals surface area contributed by atoms with Gasteiger partial charge in [0.2, 0.25) is 5.91 Å². The first-order chi connectivity index (χ1) is 7.99. The van der Waals surface area contributed by atoms with Crippen LogP contribution in [0, 0.1) is 11.6 Å². The van der Waals surface area contributed by atoms with Gasteiger partial charge in [-0.15, -0.1) is 0 Å². The lowest BCUT2D eigenvalue weighted by Crippen LogP contribution is -2.19. The molecular weight excluding hydrogens is 228 g/mol. The third-order valence-corrected chi connectivity index (χ3v) is 2.65. The van der Waals surface area contributed by atoms with E-state index < -0.39 is 23.4 Å². The summed E-state index contributed by atoms with van der Waals surface area (Å²) in [7, 11) is 0. The molecule has 3 nitrogen and oxygen atoms in total. The lowest BCUT2D eigenvalue weighted by Gasteiger charge is -2.06. The molecule has 1 aromatic rings. The van der Waals surface area contributed by atoms with Crippen LogP contribution in [-0.2, 0) is 9.59 Å². The van der Waals surface area contributed by atoms with Crippen molar-refractivity contribution in [1.82, 2.24) is 5.32 Å². The molecule has 2 rings (SSSR count). The molecule has 88 valence electrons. The van der Waals surface area contributed by atoms with Gasteiger partial charge >= 0.3 is 0 Å². The second-order valence-corrected chi connectivity index (χ2v) is 3.78. The van der Waals surface area contributed by atoms with Crippen LogP contribution in [0.3, 0.4) is 0 Å². The molecule has 0 spiro atoms. The summed E-state index contributed by atoms with van der Waals surface area (Å²) in [5.41, 5.74) is 0.467. The number of hydrogen-bond acceptors (Lipinski definition) is 2. The summed E-state index contributed by atoms with van der Waals surface area (Å²) in [5.74, 6) is -2.19. The van der Waals surface area contributed by atoms with E-state index in [1.54, 1.807) is 0 Å². The fourth-order valence-corrected chi connectivity index (χ4v) is 1.74. The largest absolute Gasteiger partial charge is 0.292 e. The third-order valence-electron chi connectivity index (χ3n) is 2.65. The van der Waals surface area contributed by atoms with E-state index >= 15 is 0 Å². The molecule has 5 heteroatoms. The summed E-state index contributed by atoms with van der Waals surface area (Å²) in [4.78, 5) is 22.4. The number of allylic oxidation sites excluding steroid dienone is 1. The monoisotopic (exact) mass is 237 g/mol. The molecular formula is C12H9F2NO2. The van der Waals surface area contributed by atoms with Gasteiger partial charge in [-0.05, 0) is 30.7 Å². The lowest BCUT2D eigenvalue weighted by molar-refractivity contribution is -0.124. The van der Waals surface area contributed by atoms with Gasteiger partial charge in [0.1, 0.15) is 11.6 Å². The molecule has 1 aliphatic rings. The van der Waals surface area contributed by atoms with Crippen LogP contribution < -0.4 is 5.32 Å². The fourth-order valence-electron chi connectivity index (χ4n) is 1.74. The normalized spacial score (nSPS) is 18.3. The maximum Gasteiger partial charge on any atom is 0.254 e. The van der Waals surface area contributed by atoms with Crippen molar-refractivity contribution < 1.29 is 18.4 Å². The van der Waals surface area contributed by atoms with Crippen molar-refractivity contribution >= 4 is 17.4 Å². The van der Waals surface area contributed by atoms with Gasteiger partial charge in [-0.2, -0.15) is 0 Å². The molecule has 0 bridgehead atoms. The molecule has 0 atom stereocenters. The van der Waals surface area contributed by atoms with Crippen LogP contribution in [0.1, 0.15) is 18.9 Å². The van der Waals surface area contributed by atoms with Gasteiger partial charge in [-0.1, -0.05) is 0 Å². The SMILES string of the molecule is CC(=C1CC(=O)NC1=O)c1cc(F)ccc1F. The molecule has 0 aromatic heterocycles. The van der Waals surface area contributed by atoms with Crippen LogP contribution in [0.15, 0.2) is 23.8 Å². The van der Waals surface area contributed by atoms with E-state index in [9.17, 15) is 18.4 Å². The molecule has 0 unspecified atom stereocenters. The Morgan fingerprint density at radius 1 is 1.29 bits per heavy atom. The summed E-state index contributed by atoms with van der Waals surface area (Å²) in [5, 5.41) is 2.10. The average Bonchev–Trinajstić information content (AvgIpc) is 2.60. The van der Waals surface area contributed by atoms with E-state index in [2.05, 4.69) is 5.32 Å². The topological polar surface area (TPSA) is 46.2 Å². The summed E-state index contributed by atoms with van der Waals surface area (Å²) in [6.45, 7) is 1.49. The van der Waals surface area contributed by atoms with E-state index in [1.165, 1.54) is 6.92 Å². The molecule has 17 heavy (non-hydrogen) atoms. The summed E-state index contributed by atoms with van der Waals surface area (Å²) in [6.07, 6.45) is -0.0966. The van der Waals surface area contributed by atoms with Gasteiger partial charge in [0.15, 0.2) is 0 Å². The van der Waals surface area contributed by atoms with Crippen molar-refractivity contribution in [3.05, 3.63) is 41.0 Å². The molecule has 0 saturated carbocycles. The third kappa shape index (κ3) is 2.08. The zero-order valence-electron chi connectivity index (χ0n) is 9.01. The van der Waals surface area contributed by atoms with E-state index in [-0.39, 0.29) is 23.1 Å². The predicted molar refractivity (Wildman–Crippen MR) is 56.7 cm³/mol. The smallest absolute Gasteiger partial charge is 0.254 e. The molecule has 0 aliphatic carbocycles. The highest BCUT2D eigenvalue weighted by Gasteiger charge is 2.27. The minimum atomic E-state index is -0.622. The molecule has 1 N–H and O–H groups in total. The predicted octanol–water partition coefficient (Wildman–Crippen LogP) is 1.78. The molecule has 2 amide bonds. The van der Waals surface area contributed by atoms with Crippen molar-refractivity contribution in [2.75, 3.05) is 0 Å². The second kappa shape index (κ2) is 4.08. The first-order valence-electron chi connectivity index (χ1n) is 4.98. The average molecular weight is 237 g/mol. The zero-order valence-corrected chi connectivity index (χ0v) is 9.01. The first kappa shape index (κ1) is 11.4. The van der Waals surface area contributed by atoms with Crippen molar-refractivity contribution in [1.29, 1.82) is 0 Å². The maximum atomic E-state index is 13.5. The number of halogens is 2. The highest BCUT2D eigenvalue weighted by atomic mass is 19.1. The second-order valence-electron chi connectivity index (χ2n) is 3.78. The van der Waals surface area contributed by atoms with E-state index in [1.807, 2.05) is 0 Å². The van der Waals surface area contributed by atoms with E-state index in [4.69, 9.17) is 0 Å². The van der Waals surface area contributed by atoms with Gasteiger partial charge in [-0.3, -0.25) is 14.9 Å². The highest BCUT2D eigenvalue weighted by Crippen LogP contribution is 2.26. The summed E-state index contributed by atoms with van der Waals surface area (Å²) < 4.78 is 26.5. The number of amides is 2. The molecule has 1 fully saturated rings. The minimum absolute atomic E-state index is 0.00449. The Morgan fingerprint density at radius 2 is 2.00 bits per heavy atom. The van der Waals surface area contributed by atoms with Gasteiger partial charge in [0.25, 0.3) is 5.91 Å². The van der Waals surface area contributed by atoms with Gasteiger partial charge in [0, 0.05) is 11.1 Å². The van der Waals surface area contributed by atoms with E-state index in [0.29, 0.717) is 0 Å². The number of rotatable bonds is 1. The molecule has 1 heterocycles. The highest BCUT2D eigenvalue weighted by molar-refractivity contribution is 6.17. The van der Waals surface area contributed by atoms with Gasteiger partial charge in [-0.25, -0.2) is 8.78 Å². The van der Waals surface area contributed by atoms with Crippen LogP contribution in [0.25, 0.3) is 5.57 Å². The van der Waals surface area contributed by atoms with Crippen LogP contribution in [0.2, 0.25) is 0 Å². The number of carbonyl (C=O) groups is 2. The number of carbonyl (C=O) groups excluding carboxylic acids is 2. The number of nitrogens with one attached hydrogen (secondary N) is 1. The number of benzene rings is 1. The summed E-state index contributed by atoms with van der Waals surface area (Å²) in [6, 6.07) is 2.99. The number of imide groups is 1. The summed E-state index contributed by atoms with van der Waals surface area (Å²) >= 11 is 0. The Bertz CT molecular complexity index is 549. The Hall–Kier alpha value is -2.04. The maximum absolute atomic E-state index is 13.5. The Labute approximate surface area is 96.1 Å². The van der Waals surface area contributed by atoms with Crippen LogP contribution in [-0.4, -0.2) is 11.8 Å². The van der Waals surface area contributed by atoms with E-state index in [0.717, 1.165) is 18.2 Å². The number of hydrogen-bond donors (Lipinski definition) is 1. The standard InChI is InChI=1S/C12H9F2NO2/c1-6(9-5-11(16)15-12(9)17)8-4-7(13)2-3-10(8)14/h2-4H,5H2,1H3,(H,15,16,17). The quantitative estimate of drug-likeness (QED) is 0.597. The molecule has 1 aliphatic heterocycles. The fraction of sp³-hybridized carbons (Fsp3) is 0.167. The van der Waals surface area contributed by atoms with Gasteiger partial charge < -0.3 is 0 Å². The van der Waals surface area contributed by atoms with Crippen LogP contribution >= 0.6 is 0 Å². The van der Waals surface area contributed by atoms with Crippen LogP contribution in [0.5, 0.6) is 0 Å². The molecule has 1 saturated heterocycles.